The van der Waals surface area contributed by atoms with Gasteiger partial charge < -0.3 is 9.15 Å². The van der Waals surface area contributed by atoms with Crippen molar-refractivity contribution < 1.29 is 13.9 Å². The maximum Gasteiger partial charge on any atom is 0.363 e. The van der Waals surface area contributed by atoms with Crippen LogP contribution in [0.5, 0.6) is 0 Å². The van der Waals surface area contributed by atoms with Crippen molar-refractivity contribution >= 4 is 56.5 Å². The number of nitrogens with zero attached hydrogens (tertiary/aromatic N) is 1. The first-order valence-corrected chi connectivity index (χ1v) is 9.60. The highest BCUT2D eigenvalue weighted by Gasteiger charge is 2.24. The summed E-state index contributed by atoms with van der Waals surface area (Å²) in [6.07, 6.45) is 1.59. The average Bonchev–Trinajstić information content (AvgIpc) is 3.23. The number of cyclic esters (lactones) is 1. The Kier molecular flexibility index (Phi) is 4.78. The Balaban J connectivity index is 1.62. The summed E-state index contributed by atoms with van der Waals surface area (Å²) in [6.45, 7) is 0. The van der Waals surface area contributed by atoms with Crippen molar-refractivity contribution in [3.05, 3.63) is 85.7 Å². The van der Waals surface area contributed by atoms with E-state index in [0.717, 1.165) is 24.9 Å². The molecule has 3 aromatic rings. The average molecular weight is 520 g/mol. The van der Waals surface area contributed by atoms with Crippen LogP contribution in [0.2, 0.25) is 0 Å². The van der Waals surface area contributed by atoms with Crippen LogP contribution in [0.25, 0.3) is 17.4 Å². The molecule has 0 unspecified atom stereocenters. The van der Waals surface area contributed by atoms with Gasteiger partial charge in [0.25, 0.3) is 0 Å². The number of ether oxygens (including phenoxy) is 1. The smallest absolute Gasteiger partial charge is 0.363 e. The summed E-state index contributed by atoms with van der Waals surface area (Å²) in [5.74, 6) is 1.08. The van der Waals surface area contributed by atoms with Crippen molar-refractivity contribution in [3.63, 3.8) is 0 Å². The molecule has 1 aliphatic heterocycles. The van der Waals surface area contributed by atoms with Crippen molar-refractivity contribution in [3.8, 4) is 11.3 Å². The lowest BCUT2D eigenvalue weighted by molar-refractivity contribution is -0.129. The Morgan fingerprint density at radius 2 is 1.81 bits per heavy atom. The second kappa shape index (κ2) is 7.20. The lowest BCUT2D eigenvalue weighted by Gasteiger charge is -1.99. The molecule has 2 aromatic carbocycles. The molecular formula is C20H11BrINO3. The minimum atomic E-state index is -0.486. The van der Waals surface area contributed by atoms with Gasteiger partial charge in [0.15, 0.2) is 5.70 Å². The van der Waals surface area contributed by atoms with Crippen LogP contribution in [0.15, 0.2) is 80.2 Å². The van der Waals surface area contributed by atoms with E-state index < -0.39 is 5.97 Å². The molecule has 0 bridgehead atoms. The van der Waals surface area contributed by atoms with Gasteiger partial charge in [-0.3, -0.25) is 0 Å². The molecule has 0 saturated heterocycles. The van der Waals surface area contributed by atoms with Crippen molar-refractivity contribution in [1.82, 2.24) is 0 Å². The molecule has 0 atom stereocenters. The quantitative estimate of drug-likeness (QED) is 0.255. The zero-order valence-electron chi connectivity index (χ0n) is 13.3. The highest BCUT2D eigenvalue weighted by molar-refractivity contribution is 14.1. The SMILES string of the molecule is O=C1OC(c2cccc(I)c2)=N/C1=C/c1ccc(-c2ccc(Br)cc2)o1. The van der Waals surface area contributed by atoms with Crippen LogP contribution in [0.1, 0.15) is 11.3 Å². The molecule has 0 radical (unpaired) electrons. The molecular weight excluding hydrogens is 509 g/mol. The van der Waals surface area contributed by atoms with Gasteiger partial charge in [0.1, 0.15) is 11.5 Å². The maximum absolute atomic E-state index is 12.1. The summed E-state index contributed by atoms with van der Waals surface area (Å²) in [7, 11) is 0. The largest absolute Gasteiger partial charge is 0.457 e. The monoisotopic (exact) mass is 519 g/mol. The lowest BCUT2D eigenvalue weighted by atomic mass is 10.2. The van der Waals surface area contributed by atoms with Gasteiger partial charge >= 0.3 is 5.97 Å². The zero-order chi connectivity index (χ0) is 18.1. The van der Waals surface area contributed by atoms with E-state index in [1.165, 1.54) is 0 Å². The molecule has 26 heavy (non-hydrogen) atoms. The lowest BCUT2D eigenvalue weighted by Crippen LogP contribution is -2.05. The molecule has 0 saturated carbocycles. The Bertz CT molecular complexity index is 1050. The van der Waals surface area contributed by atoms with Gasteiger partial charge in [-0.2, -0.15) is 0 Å². The van der Waals surface area contributed by atoms with Crippen LogP contribution in [0, 0.1) is 3.57 Å². The summed E-state index contributed by atoms with van der Waals surface area (Å²) in [5.41, 5.74) is 1.94. The minimum absolute atomic E-state index is 0.218. The van der Waals surface area contributed by atoms with E-state index >= 15 is 0 Å². The first kappa shape index (κ1) is 17.2. The molecule has 1 aromatic heterocycles. The first-order valence-electron chi connectivity index (χ1n) is 7.73. The van der Waals surface area contributed by atoms with E-state index in [2.05, 4.69) is 43.5 Å². The number of halogens is 2. The van der Waals surface area contributed by atoms with Gasteiger partial charge in [-0.1, -0.05) is 34.1 Å². The molecule has 0 spiro atoms. The standard InChI is InChI=1S/C20H11BrINO3/c21-14-6-4-12(5-7-14)18-9-8-16(25-18)11-17-20(24)26-19(23-17)13-2-1-3-15(22)10-13/h1-11H/b17-11+. The van der Waals surface area contributed by atoms with Crippen molar-refractivity contribution in [2.75, 3.05) is 0 Å². The Morgan fingerprint density at radius 1 is 1.00 bits per heavy atom. The van der Waals surface area contributed by atoms with E-state index in [9.17, 15) is 4.79 Å². The van der Waals surface area contributed by atoms with Crippen LogP contribution < -0.4 is 0 Å². The number of rotatable bonds is 3. The number of aliphatic imine (C=N–C) groups is 1. The third-order valence-corrected chi connectivity index (χ3v) is 4.93. The van der Waals surface area contributed by atoms with Gasteiger partial charge in [-0.25, -0.2) is 9.79 Å². The predicted octanol–water partition coefficient (Wildman–Crippen LogP) is 5.66. The van der Waals surface area contributed by atoms with E-state index in [4.69, 9.17) is 9.15 Å². The second-order valence-corrected chi connectivity index (χ2v) is 7.72. The third-order valence-electron chi connectivity index (χ3n) is 3.73. The van der Waals surface area contributed by atoms with Gasteiger partial charge in [0, 0.05) is 25.2 Å². The van der Waals surface area contributed by atoms with Gasteiger partial charge in [-0.15, -0.1) is 0 Å². The fourth-order valence-electron chi connectivity index (χ4n) is 2.49. The molecule has 0 fully saturated rings. The number of furan rings is 1. The molecule has 0 amide bonds. The van der Waals surface area contributed by atoms with Crippen molar-refractivity contribution in [2.45, 2.75) is 0 Å². The van der Waals surface area contributed by atoms with Crippen molar-refractivity contribution in [2.24, 2.45) is 4.99 Å². The number of benzene rings is 2. The van der Waals surface area contributed by atoms with Gasteiger partial charge in [0.2, 0.25) is 5.90 Å². The topological polar surface area (TPSA) is 51.8 Å². The summed E-state index contributed by atoms with van der Waals surface area (Å²) >= 11 is 5.61. The van der Waals surface area contributed by atoms with Crippen LogP contribution in [0.4, 0.5) is 0 Å². The van der Waals surface area contributed by atoms with Gasteiger partial charge in [-0.05, 0) is 65.1 Å². The van der Waals surface area contributed by atoms with Crippen LogP contribution in [0.3, 0.4) is 0 Å². The van der Waals surface area contributed by atoms with E-state index in [1.54, 1.807) is 12.1 Å². The molecule has 4 nitrogen and oxygen atoms in total. The molecule has 0 N–H and O–H groups in total. The Morgan fingerprint density at radius 3 is 2.58 bits per heavy atom. The molecule has 4 rings (SSSR count). The van der Waals surface area contributed by atoms with Crippen LogP contribution >= 0.6 is 38.5 Å². The number of carbonyl (C=O) groups is 1. The van der Waals surface area contributed by atoms with Crippen LogP contribution in [-0.2, 0) is 9.53 Å². The Hall–Kier alpha value is -2.19. The fraction of sp³-hybridized carbons (Fsp3) is 0. The van der Waals surface area contributed by atoms with Gasteiger partial charge in [0.05, 0.1) is 0 Å². The molecule has 1 aliphatic rings. The van der Waals surface area contributed by atoms with E-state index in [0.29, 0.717) is 11.7 Å². The number of carbonyl (C=O) groups excluding carboxylic acids is 1. The van der Waals surface area contributed by atoms with E-state index in [-0.39, 0.29) is 5.70 Å². The normalized spacial score (nSPS) is 15.2. The molecule has 6 heteroatoms. The third kappa shape index (κ3) is 3.66. The number of hydrogen-bond donors (Lipinski definition) is 0. The Labute approximate surface area is 171 Å². The van der Waals surface area contributed by atoms with E-state index in [1.807, 2.05) is 54.6 Å². The summed E-state index contributed by atoms with van der Waals surface area (Å²) in [4.78, 5) is 16.4. The van der Waals surface area contributed by atoms with Crippen LogP contribution in [-0.4, -0.2) is 11.9 Å². The van der Waals surface area contributed by atoms with Crippen molar-refractivity contribution in [1.29, 1.82) is 0 Å². The second-order valence-electron chi connectivity index (χ2n) is 5.56. The highest BCUT2D eigenvalue weighted by atomic mass is 127. The molecule has 0 aliphatic carbocycles. The minimum Gasteiger partial charge on any atom is -0.457 e. The highest BCUT2D eigenvalue weighted by Crippen LogP contribution is 2.26. The molecule has 2 heterocycles. The summed E-state index contributed by atoms with van der Waals surface area (Å²) in [5, 5.41) is 0. The zero-order valence-corrected chi connectivity index (χ0v) is 17.0. The summed E-state index contributed by atoms with van der Waals surface area (Å²) < 4.78 is 13.1. The fourth-order valence-corrected chi connectivity index (χ4v) is 3.30. The number of hydrogen-bond acceptors (Lipinski definition) is 4. The predicted molar refractivity (Wildman–Crippen MR) is 112 cm³/mol. The molecule has 128 valence electrons. The first-order chi connectivity index (χ1) is 12.6. The number of esters is 1. The maximum atomic E-state index is 12.1. The summed E-state index contributed by atoms with van der Waals surface area (Å²) in [6, 6.07) is 19.1.